The van der Waals surface area contributed by atoms with Crippen LogP contribution in [0.3, 0.4) is 0 Å². The number of β-amino-alcohol motifs (C(OH)–C–C–N with tert-alkyl or cyclic N) is 1. The van der Waals surface area contributed by atoms with Crippen LogP contribution in [0.5, 0.6) is 0 Å². The lowest BCUT2D eigenvalue weighted by Gasteiger charge is -2.34. The first-order chi connectivity index (χ1) is 16.8. The number of hydrogen-bond donors (Lipinski definition) is 6. The van der Waals surface area contributed by atoms with Crippen molar-refractivity contribution in [1.29, 1.82) is 0 Å². The summed E-state index contributed by atoms with van der Waals surface area (Å²) < 4.78 is 25.7. The Morgan fingerprint density at radius 2 is 1.08 bits per heavy atom. The molecule has 0 aromatic rings. The number of carboxylic acids is 3. The Bertz CT molecular complexity index is 783. The van der Waals surface area contributed by atoms with Gasteiger partial charge in [0.05, 0.1) is 38.0 Å². The highest BCUT2D eigenvalue weighted by atomic mass is 32.2. The van der Waals surface area contributed by atoms with E-state index in [4.69, 9.17) is 0 Å². The number of nitrogens with zero attached hydrogens (tertiary/aromatic N) is 4. The Kier molecular flexibility index (Phi) is 14.3. The van der Waals surface area contributed by atoms with Crippen molar-refractivity contribution in [3.63, 3.8) is 0 Å². The van der Waals surface area contributed by atoms with Crippen LogP contribution in [0.15, 0.2) is 0 Å². The van der Waals surface area contributed by atoms with E-state index in [0.29, 0.717) is 0 Å². The first-order valence-electron chi connectivity index (χ1n) is 11.6. The maximum absolute atomic E-state index is 11.7. The van der Waals surface area contributed by atoms with Crippen LogP contribution in [0.25, 0.3) is 0 Å². The van der Waals surface area contributed by atoms with Gasteiger partial charge in [0.15, 0.2) is 0 Å². The van der Waals surface area contributed by atoms with Crippen LogP contribution in [-0.4, -0.2) is 175 Å². The van der Waals surface area contributed by atoms with Crippen LogP contribution in [0.4, 0.5) is 0 Å². The van der Waals surface area contributed by atoms with E-state index < -0.39 is 40.1 Å². The minimum absolute atomic E-state index is 0.000148. The van der Waals surface area contributed by atoms with Gasteiger partial charge in [-0.05, 0) is 6.42 Å². The third kappa shape index (κ3) is 14.6. The van der Waals surface area contributed by atoms with E-state index in [9.17, 15) is 48.3 Å². The average molecular weight is 542 g/mol. The number of carboxylic acid groups (broad SMARTS) is 3. The Hall–Kier alpha value is -1.92. The zero-order valence-electron chi connectivity index (χ0n) is 20.5. The second-order valence-electron chi connectivity index (χ2n) is 8.89. The van der Waals surface area contributed by atoms with Crippen molar-refractivity contribution >= 4 is 27.9 Å². The summed E-state index contributed by atoms with van der Waals surface area (Å²) in [6.45, 7) is 0.997. The zero-order chi connectivity index (χ0) is 27.3. The molecule has 2 atom stereocenters. The molecular weight excluding hydrogens is 502 g/mol. The van der Waals surface area contributed by atoms with Crippen LogP contribution >= 0.6 is 0 Å². The summed E-state index contributed by atoms with van der Waals surface area (Å²) in [6, 6.07) is -0.943. The molecule has 0 aromatic carbocycles. The molecule has 1 aliphatic rings. The van der Waals surface area contributed by atoms with Crippen LogP contribution in [-0.2, 0) is 24.4 Å². The molecule has 0 aromatic heterocycles. The quantitative estimate of drug-likeness (QED) is 0.132. The summed E-state index contributed by atoms with van der Waals surface area (Å²) >= 11 is 0. The summed E-state index contributed by atoms with van der Waals surface area (Å²) in [7, 11) is -3.66. The second kappa shape index (κ2) is 16.0. The lowest BCUT2D eigenvalue weighted by Crippen LogP contribution is -2.52. The van der Waals surface area contributed by atoms with E-state index in [-0.39, 0.29) is 91.6 Å². The minimum atomic E-state index is -3.66. The highest BCUT2D eigenvalue weighted by Crippen LogP contribution is 2.07. The van der Waals surface area contributed by atoms with Gasteiger partial charge in [0.25, 0.3) is 0 Å². The molecule has 2 unspecified atom stereocenters. The largest absolute Gasteiger partial charge is 0.480 e. The first kappa shape index (κ1) is 32.1. The summed E-state index contributed by atoms with van der Waals surface area (Å²) in [4.78, 5) is 40.7. The third-order valence-electron chi connectivity index (χ3n) is 5.72. The van der Waals surface area contributed by atoms with E-state index in [2.05, 4.69) is 4.72 Å². The summed E-state index contributed by atoms with van der Waals surface area (Å²) in [5.41, 5.74) is 0. The fraction of sp³-hybridized carbons (Fsp3) is 0.850. The monoisotopic (exact) mass is 541 g/mol. The van der Waals surface area contributed by atoms with Crippen LogP contribution in [0.2, 0.25) is 0 Å². The lowest BCUT2D eigenvalue weighted by atomic mass is 10.1. The molecule has 1 heterocycles. The van der Waals surface area contributed by atoms with Crippen molar-refractivity contribution in [2.24, 2.45) is 0 Å². The Balaban J connectivity index is 3.06. The SMILES string of the molecule is CS(=O)(=O)NC(CCO)C(O)CN1CCN(CC(=O)O)CCN(CC(=O)O)CCN(CC(=O)O)CC1. The van der Waals surface area contributed by atoms with Crippen molar-refractivity contribution in [2.75, 3.05) is 91.4 Å². The first-order valence-corrected chi connectivity index (χ1v) is 13.5. The minimum Gasteiger partial charge on any atom is -0.480 e. The van der Waals surface area contributed by atoms with Crippen molar-refractivity contribution in [1.82, 2.24) is 24.3 Å². The van der Waals surface area contributed by atoms with E-state index in [1.54, 1.807) is 19.6 Å². The number of aliphatic hydroxyl groups is 2. The Morgan fingerprint density at radius 1 is 0.750 bits per heavy atom. The average Bonchev–Trinajstić information content (AvgIpc) is 2.73. The van der Waals surface area contributed by atoms with Crippen LogP contribution < -0.4 is 4.72 Å². The van der Waals surface area contributed by atoms with Gasteiger partial charge in [0.1, 0.15) is 0 Å². The van der Waals surface area contributed by atoms with Crippen molar-refractivity contribution in [3.8, 4) is 0 Å². The highest BCUT2D eigenvalue weighted by molar-refractivity contribution is 7.88. The van der Waals surface area contributed by atoms with Crippen molar-refractivity contribution < 1.29 is 48.3 Å². The van der Waals surface area contributed by atoms with Gasteiger partial charge in [0, 0.05) is 65.5 Å². The van der Waals surface area contributed by atoms with E-state index in [0.717, 1.165) is 6.26 Å². The predicted octanol–water partition coefficient (Wildman–Crippen LogP) is -3.88. The fourth-order valence-corrected chi connectivity index (χ4v) is 4.77. The number of carbonyl (C=O) groups is 3. The molecule has 0 bridgehead atoms. The molecule has 0 radical (unpaired) electrons. The molecule has 1 fully saturated rings. The van der Waals surface area contributed by atoms with E-state index in [1.807, 2.05) is 0 Å². The normalized spacial score (nSPS) is 20.2. The third-order valence-corrected chi connectivity index (χ3v) is 6.45. The van der Waals surface area contributed by atoms with Gasteiger partial charge < -0.3 is 25.5 Å². The molecule has 210 valence electrons. The smallest absolute Gasteiger partial charge is 0.317 e. The molecule has 1 rings (SSSR count). The number of hydrogen-bond acceptors (Lipinski definition) is 11. The van der Waals surface area contributed by atoms with Gasteiger partial charge in [0.2, 0.25) is 10.0 Å². The zero-order valence-corrected chi connectivity index (χ0v) is 21.3. The molecule has 0 saturated carbocycles. The van der Waals surface area contributed by atoms with Crippen molar-refractivity contribution in [3.05, 3.63) is 0 Å². The lowest BCUT2D eigenvalue weighted by molar-refractivity contribution is -0.140. The van der Waals surface area contributed by atoms with Crippen LogP contribution in [0.1, 0.15) is 6.42 Å². The topological polar surface area (TPSA) is 211 Å². The fourth-order valence-electron chi connectivity index (χ4n) is 3.95. The summed E-state index contributed by atoms with van der Waals surface area (Å²) in [6.07, 6.45) is -0.258. The van der Waals surface area contributed by atoms with Gasteiger partial charge in [-0.3, -0.25) is 34.0 Å². The Labute approximate surface area is 210 Å². The molecule has 0 spiro atoms. The van der Waals surface area contributed by atoms with Gasteiger partial charge >= 0.3 is 17.9 Å². The van der Waals surface area contributed by atoms with E-state index >= 15 is 0 Å². The van der Waals surface area contributed by atoms with Crippen molar-refractivity contribution in [2.45, 2.75) is 18.6 Å². The molecule has 36 heavy (non-hydrogen) atoms. The maximum atomic E-state index is 11.7. The molecule has 0 aliphatic carbocycles. The van der Waals surface area contributed by atoms with Gasteiger partial charge in [-0.2, -0.15) is 0 Å². The van der Waals surface area contributed by atoms with Gasteiger partial charge in [-0.1, -0.05) is 0 Å². The number of aliphatic carboxylic acids is 3. The maximum Gasteiger partial charge on any atom is 0.317 e. The van der Waals surface area contributed by atoms with E-state index in [1.165, 1.54) is 0 Å². The molecule has 1 saturated heterocycles. The molecular formula is C20H39N5O10S. The van der Waals surface area contributed by atoms with Gasteiger partial charge in [-0.15, -0.1) is 0 Å². The summed E-state index contributed by atoms with van der Waals surface area (Å²) in [5, 5.41) is 47.8. The molecule has 6 N–H and O–H groups in total. The number of sulfonamides is 1. The van der Waals surface area contributed by atoms with Crippen LogP contribution in [0, 0.1) is 0 Å². The second-order valence-corrected chi connectivity index (χ2v) is 10.7. The highest BCUT2D eigenvalue weighted by Gasteiger charge is 2.26. The number of nitrogens with one attached hydrogen (secondary N) is 1. The number of rotatable bonds is 13. The standard InChI is InChI=1S/C20H39N5O10S/c1-36(34,35)21-16(2-11-26)17(27)12-22-3-5-23(13-18(28)29)7-9-25(15-20(32)33)10-8-24(6-4-22)14-19(30)31/h16-17,21,26-27H,2-15H2,1H3,(H,28,29)(H,30,31)(H,32,33). The molecule has 16 heteroatoms. The molecule has 1 aliphatic heterocycles. The molecule has 15 nitrogen and oxygen atoms in total. The predicted molar refractivity (Wildman–Crippen MR) is 128 cm³/mol. The number of aliphatic hydroxyl groups excluding tert-OH is 2. The van der Waals surface area contributed by atoms with Gasteiger partial charge in [-0.25, -0.2) is 13.1 Å². The summed E-state index contributed by atoms with van der Waals surface area (Å²) in [5.74, 6) is -3.14. The molecule has 0 amide bonds. The Morgan fingerprint density at radius 3 is 1.36 bits per heavy atom.